The van der Waals surface area contributed by atoms with E-state index in [1.54, 1.807) is 29.6 Å². The van der Waals surface area contributed by atoms with Gasteiger partial charge in [0.05, 0.1) is 17.0 Å². The minimum absolute atomic E-state index is 0.00170. The molecule has 4 nitrogen and oxygen atoms in total. The van der Waals surface area contributed by atoms with Gasteiger partial charge in [0.1, 0.15) is 5.69 Å². The van der Waals surface area contributed by atoms with Gasteiger partial charge in [-0.2, -0.15) is 13.2 Å². The minimum Gasteiger partial charge on any atom is -0.320 e. The Labute approximate surface area is 218 Å². The van der Waals surface area contributed by atoms with Crippen LogP contribution in [-0.4, -0.2) is 21.2 Å². The summed E-state index contributed by atoms with van der Waals surface area (Å²) in [6.45, 7) is 0. The fraction of sp³-hybridized carbons (Fsp3) is 0.0833. The number of hydrogen-bond donors (Lipinski definition) is 1. The summed E-state index contributed by atoms with van der Waals surface area (Å²) in [7, 11) is 0. The van der Waals surface area contributed by atoms with Crippen LogP contribution in [-0.2, 0) is 11.0 Å². The van der Waals surface area contributed by atoms with Crippen molar-refractivity contribution >= 4 is 35.0 Å². The molecule has 0 saturated heterocycles. The van der Waals surface area contributed by atoms with E-state index in [4.69, 9.17) is 11.6 Å². The predicted molar refractivity (Wildman–Crippen MR) is 125 cm³/mol. The fourth-order valence-corrected chi connectivity index (χ4v) is 4.18. The van der Waals surface area contributed by atoms with Gasteiger partial charge < -0.3 is 5.32 Å². The van der Waals surface area contributed by atoms with Gasteiger partial charge in [-0.3, -0.25) is 9.36 Å². The topological polar surface area (TPSA) is 46.9 Å². The number of carbonyl (C=O) groups excluding carboxylic acids is 1. The number of amides is 1. The maximum atomic E-state index is 13.9. The lowest BCUT2D eigenvalue weighted by Crippen LogP contribution is -2.18. The second-order valence-corrected chi connectivity index (χ2v) is 8.99. The number of halogens is 9. The lowest BCUT2D eigenvalue weighted by atomic mass is 10.2. The van der Waals surface area contributed by atoms with Crippen molar-refractivity contribution < 1.29 is 39.9 Å². The second kappa shape index (κ2) is 10.7. The SMILES string of the molecule is O=C(CSc1nc(-c2ccc(Cl)cc2)cn1-c1cccc(C(F)(F)F)c1)Nc1c(F)c(F)c(F)c(F)c1F. The summed E-state index contributed by atoms with van der Waals surface area (Å²) in [6, 6.07) is 10.6. The van der Waals surface area contributed by atoms with Crippen LogP contribution in [0.2, 0.25) is 5.02 Å². The summed E-state index contributed by atoms with van der Waals surface area (Å²) < 4.78 is 109. The number of rotatable bonds is 6. The average molecular weight is 578 g/mol. The van der Waals surface area contributed by atoms with Gasteiger partial charge >= 0.3 is 6.18 Å². The van der Waals surface area contributed by atoms with E-state index in [2.05, 4.69) is 4.98 Å². The Morgan fingerprint density at radius 3 is 2.13 bits per heavy atom. The fourth-order valence-electron chi connectivity index (χ4n) is 3.26. The summed E-state index contributed by atoms with van der Waals surface area (Å²) in [4.78, 5) is 16.7. The van der Waals surface area contributed by atoms with Crippen molar-refractivity contribution in [2.75, 3.05) is 11.1 Å². The number of benzene rings is 3. The molecule has 4 rings (SSSR count). The highest BCUT2D eigenvalue weighted by molar-refractivity contribution is 7.99. The Morgan fingerprint density at radius 1 is 0.921 bits per heavy atom. The molecule has 198 valence electrons. The summed E-state index contributed by atoms with van der Waals surface area (Å²) in [5.74, 6) is -13.1. The first-order valence-electron chi connectivity index (χ1n) is 10.3. The number of thioether (sulfide) groups is 1. The lowest BCUT2D eigenvalue weighted by molar-refractivity contribution is -0.137. The van der Waals surface area contributed by atoms with Crippen molar-refractivity contribution in [3.8, 4) is 16.9 Å². The number of carbonyl (C=O) groups is 1. The molecule has 0 aliphatic rings. The van der Waals surface area contributed by atoms with Gasteiger partial charge in [0.2, 0.25) is 11.7 Å². The number of nitrogens with one attached hydrogen (secondary N) is 1. The van der Waals surface area contributed by atoms with Crippen LogP contribution >= 0.6 is 23.4 Å². The van der Waals surface area contributed by atoms with Crippen LogP contribution in [0.25, 0.3) is 16.9 Å². The predicted octanol–water partition coefficient (Wildman–Crippen LogP) is 7.64. The van der Waals surface area contributed by atoms with Gasteiger partial charge in [0.15, 0.2) is 28.4 Å². The molecule has 0 aliphatic heterocycles. The molecular weight excluding hydrogens is 566 g/mol. The first-order chi connectivity index (χ1) is 17.9. The molecule has 0 bridgehead atoms. The summed E-state index contributed by atoms with van der Waals surface area (Å²) in [6.07, 6.45) is -3.24. The molecule has 14 heteroatoms. The minimum atomic E-state index is -4.64. The van der Waals surface area contributed by atoms with Crippen LogP contribution in [0.1, 0.15) is 5.56 Å². The first-order valence-corrected chi connectivity index (χ1v) is 11.7. The molecule has 38 heavy (non-hydrogen) atoms. The highest BCUT2D eigenvalue weighted by atomic mass is 35.5. The largest absolute Gasteiger partial charge is 0.416 e. The van der Waals surface area contributed by atoms with Crippen molar-refractivity contribution in [2.45, 2.75) is 11.3 Å². The number of hydrogen-bond acceptors (Lipinski definition) is 3. The number of anilines is 1. The molecule has 0 atom stereocenters. The average Bonchev–Trinajstić information content (AvgIpc) is 3.32. The highest BCUT2D eigenvalue weighted by Gasteiger charge is 2.31. The van der Waals surface area contributed by atoms with Crippen LogP contribution in [0.3, 0.4) is 0 Å². The standard InChI is InChI=1S/C24H12ClF8N3OS/c25-13-6-4-11(5-7-13)15-9-36(14-3-1-2-12(8-14)24(31,32)33)23(34-15)38-10-16(37)35-22-20(29)18(27)17(26)19(28)21(22)30/h1-9H,10H2,(H,35,37). The van der Waals surface area contributed by atoms with E-state index in [1.807, 2.05) is 0 Å². The Balaban J connectivity index is 1.65. The van der Waals surface area contributed by atoms with Crippen molar-refractivity contribution in [1.29, 1.82) is 0 Å². The van der Waals surface area contributed by atoms with E-state index in [-0.39, 0.29) is 10.8 Å². The third-order valence-corrected chi connectivity index (χ3v) is 6.28. The van der Waals surface area contributed by atoms with E-state index in [1.165, 1.54) is 22.9 Å². The molecule has 0 radical (unpaired) electrons. The van der Waals surface area contributed by atoms with E-state index in [0.29, 0.717) is 28.0 Å². The van der Waals surface area contributed by atoms with E-state index in [0.717, 1.165) is 12.1 Å². The molecule has 0 aliphatic carbocycles. The van der Waals surface area contributed by atoms with Crippen LogP contribution in [0, 0.1) is 29.1 Å². The molecule has 0 spiro atoms. The first kappa shape index (κ1) is 27.5. The van der Waals surface area contributed by atoms with Crippen molar-refractivity contribution in [3.05, 3.63) is 94.4 Å². The quantitative estimate of drug-likeness (QED) is 0.111. The third kappa shape index (κ3) is 5.63. The van der Waals surface area contributed by atoms with Gasteiger partial charge in [0, 0.05) is 22.5 Å². The smallest absolute Gasteiger partial charge is 0.320 e. The molecule has 1 amide bonds. The summed E-state index contributed by atoms with van der Waals surface area (Å²) in [5.41, 5.74) is -1.61. The molecule has 0 fully saturated rings. The number of alkyl halides is 3. The van der Waals surface area contributed by atoms with Gasteiger partial charge in [0.25, 0.3) is 0 Å². The summed E-state index contributed by atoms with van der Waals surface area (Å²) in [5, 5.41) is 2.06. The van der Waals surface area contributed by atoms with Gasteiger partial charge in [-0.1, -0.05) is 41.6 Å². The van der Waals surface area contributed by atoms with E-state index >= 15 is 0 Å². The van der Waals surface area contributed by atoms with E-state index in [9.17, 15) is 39.9 Å². The highest BCUT2D eigenvalue weighted by Crippen LogP contribution is 2.33. The van der Waals surface area contributed by atoms with Crippen molar-refractivity contribution in [3.63, 3.8) is 0 Å². The van der Waals surface area contributed by atoms with Crippen LogP contribution in [0.4, 0.5) is 40.8 Å². The van der Waals surface area contributed by atoms with E-state index < -0.39 is 58.2 Å². The van der Waals surface area contributed by atoms with Crippen molar-refractivity contribution in [2.24, 2.45) is 0 Å². The molecule has 0 saturated carbocycles. The van der Waals surface area contributed by atoms with Crippen molar-refractivity contribution in [1.82, 2.24) is 9.55 Å². The Morgan fingerprint density at radius 2 is 1.53 bits per heavy atom. The van der Waals surface area contributed by atoms with Crippen LogP contribution in [0.5, 0.6) is 0 Å². The van der Waals surface area contributed by atoms with Gasteiger partial charge in [-0.15, -0.1) is 0 Å². The lowest BCUT2D eigenvalue weighted by Gasteiger charge is -2.12. The molecular formula is C24H12ClF8N3OS. The zero-order valence-corrected chi connectivity index (χ0v) is 20.1. The number of imidazole rings is 1. The maximum absolute atomic E-state index is 13.9. The Bertz CT molecular complexity index is 1490. The van der Waals surface area contributed by atoms with Crippen LogP contribution in [0.15, 0.2) is 59.9 Å². The molecule has 1 heterocycles. The number of nitrogens with zero attached hydrogens (tertiary/aromatic N) is 2. The second-order valence-electron chi connectivity index (χ2n) is 7.62. The zero-order valence-electron chi connectivity index (χ0n) is 18.5. The molecule has 3 aromatic carbocycles. The zero-order chi connectivity index (χ0) is 27.8. The molecule has 1 N–H and O–H groups in total. The molecule has 4 aromatic rings. The van der Waals surface area contributed by atoms with Crippen LogP contribution < -0.4 is 5.32 Å². The molecule has 1 aromatic heterocycles. The number of aromatic nitrogens is 2. The monoisotopic (exact) mass is 577 g/mol. The van der Waals surface area contributed by atoms with Gasteiger partial charge in [-0.05, 0) is 30.3 Å². The third-order valence-electron chi connectivity index (χ3n) is 5.07. The normalized spacial score (nSPS) is 11.6. The Kier molecular flexibility index (Phi) is 7.70. The van der Waals surface area contributed by atoms with Gasteiger partial charge in [-0.25, -0.2) is 26.9 Å². The molecule has 0 unspecified atom stereocenters. The maximum Gasteiger partial charge on any atom is 0.416 e. The Hall–Kier alpha value is -3.58. The summed E-state index contributed by atoms with van der Waals surface area (Å²) >= 11 is 6.54.